The van der Waals surface area contributed by atoms with E-state index in [1.807, 2.05) is 6.07 Å². The van der Waals surface area contributed by atoms with Crippen LogP contribution in [0.5, 0.6) is 0 Å². The number of hydrogen-bond donors (Lipinski definition) is 0. The van der Waals surface area contributed by atoms with E-state index in [2.05, 4.69) is 18.7 Å². The maximum absolute atomic E-state index is 11.2. The third kappa shape index (κ3) is 3.77. The molecule has 0 aliphatic carbocycles. The summed E-state index contributed by atoms with van der Waals surface area (Å²) in [4.78, 5) is 2.37. The van der Waals surface area contributed by atoms with Crippen LogP contribution in [-0.2, 0) is 15.6 Å². The Kier molecular flexibility index (Phi) is 4.77. The Morgan fingerprint density at radius 2 is 1.88 bits per heavy atom. The van der Waals surface area contributed by atoms with Crippen LogP contribution in [0.25, 0.3) is 0 Å². The number of rotatable bonds is 5. The molecule has 0 fully saturated rings. The van der Waals surface area contributed by atoms with Crippen molar-refractivity contribution in [3.05, 3.63) is 29.8 Å². The lowest BCUT2D eigenvalue weighted by Crippen LogP contribution is -2.22. The van der Waals surface area contributed by atoms with Gasteiger partial charge in [-0.1, -0.05) is 26.0 Å². The monoisotopic (exact) mass is 261 g/mol. The normalized spacial score (nSPS) is 12.0. The first-order valence-electron chi connectivity index (χ1n) is 5.23. The van der Waals surface area contributed by atoms with Crippen molar-refractivity contribution in [1.29, 1.82) is 0 Å². The van der Waals surface area contributed by atoms with Crippen LogP contribution in [0.2, 0.25) is 0 Å². The van der Waals surface area contributed by atoms with Gasteiger partial charge >= 0.3 is 0 Å². The van der Waals surface area contributed by atoms with Gasteiger partial charge in [-0.2, -0.15) is 0 Å². The molecule has 0 aliphatic heterocycles. The minimum Gasteiger partial charge on any atom is -0.300 e. The third-order valence-electron chi connectivity index (χ3n) is 2.48. The quantitative estimate of drug-likeness (QED) is 0.764. The van der Waals surface area contributed by atoms with Gasteiger partial charge in [-0.15, -0.1) is 0 Å². The van der Waals surface area contributed by atoms with Gasteiger partial charge in [0.2, 0.25) is 0 Å². The van der Waals surface area contributed by atoms with Gasteiger partial charge in [0.25, 0.3) is 9.05 Å². The molecule has 1 aromatic rings. The van der Waals surface area contributed by atoms with Crippen molar-refractivity contribution in [2.75, 3.05) is 13.1 Å². The Morgan fingerprint density at radius 1 is 1.25 bits per heavy atom. The van der Waals surface area contributed by atoms with Gasteiger partial charge in [0.05, 0.1) is 4.90 Å². The molecule has 0 saturated carbocycles. The van der Waals surface area contributed by atoms with Gasteiger partial charge in [-0.05, 0) is 30.8 Å². The molecule has 0 aromatic heterocycles. The first kappa shape index (κ1) is 13.5. The van der Waals surface area contributed by atoms with E-state index in [9.17, 15) is 8.42 Å². The van der Waals surface area contributed by atoms with E-state index < -0.39 is 9.05 Å². The molecule has 0 saturated heterocycles. The van der Waals surface area contributed by atoms with E-state index in [0.29, 0.717) is 0 Å². The summed E-state index contributed by atoms with van der Waals surface area (Å²) in [6.07, 6.45) is 0. The number of benzene rings is 1. The van der Waals surface area contributed by atoms with Gasteiger partial charge in [0.1, 0.15) is 0 Å². The second-order valence-corrected chi connectivity index (χ2v) is 6.11. The minimum absolute atomic E-state index is 0.166. The van der Waals surface area contributed by atoms with Crippen LogP contribution in [0.1, 0.15) is 19.4 Å². The van der Waals surface area contributed by atoms with Crippen LogP contribution in [0.3, 0.4) is 0 Å². The summed E-state index contributed by atoms with van der Waals surface area (Å²) in [6, 6.07) is 6.76. The molecule has 5 heteroatoms. The zero-order valence-corrected chi connectivity index (χ0v) is 11.1. The molecule has 0 aliphatic rings. The third-order valence-corrected chi connectivity index (χ3v) is 3.83. The van der Waals surface area contributed by atoms with Crippen molar-refractivity contribution in [2.24, 2.45) is 0 Å². The van der Waals surface area contributed by atoms with E-state index in [0.717, 1.165) is 25.2 Å². The smallest absolute Gasteiger partial charge is 0.261 e. The van der Waals surface area contributed by atoms with Gasteiger partial charge < -0.3 is 0 Å². The second-order valence-electron chi connectivity index (χ2n) is 3.55. The number of halogens is 1. The molecule has 0 amide bonds. The molecule has 0 bridgehead atoms. The molecule has 0 N–H and O–H groups in total. The Bertz CT molecular complexity index is 441. The topological polar surface area (TPSA) is 37.4 Å². The van der Waals surface area contributed by atoms with E-state index >= 15 is 0 Å². The van der Waals surface area contributed by atoms with Crippen molar-refractivity contribution in [1.82, 2.24) is 4.90 Å². The van der Waals surface area contributed by atoms with E-state index in [1.54, 1.807) is 12.1 Å². The molecule has 90 valence electrons. The van der Waals surface area contributed by atoms with Crippen LogP contribution in [0, 0.1) is 0 Å². The molecule has 16 heavy (non-hydrogen) atoms. The van der Waals surface area contributed by atoms with Gasteiger partial charge in [-0.25, -0.2) is 8.42 Å². The summed E-state index contributed by atoms with van der Waals surface area (Å²) in [6.45, 7) is 6.77. The summed E-state index contributed by atoms with van der Waals surface area (Å²) in [5.41, 5.74) is 0.963. The summed E-state index contributed by atoms with van der Waals surface area (Å²) >= 11 is 0. The lowest BCUT2D eigenvalue weighted by Gasteiger charge is -2.18. The van der Waals surface area contributed by atoms with E-state index in [4.69, 9.17) is 10.7 Å². The summed E-state index contributed by atoms with van der Waals surface area (Å²) in [7, 11) is 1.67. The molecule has 0 atom stereocenters. The molecule has 0 spiro atoms. The summed E-state index contributed by atoms with van der Waals surface area (Å²) < 4.78 is 22.3. The SMILES string of the molecule is CCN(CC)Cc1cccc(S(=O)(=O)Cl)c1. The molecule has 3 nitrogen and oxygen atoms in total. The van der Waals surface area contributed by atoms with E-state index in [1.165, 1.54) is 6.07 Å². The highest BCUT2D eigenvalue weighted by Crippen LogP contribution is 2.17. The van der Waals surface area contributed by atoms with Crippen LogP contribution >= 0.6 is 10.7 Å². The minimum atomic E-state index is -3.62. The largest absolute Gasteiger partial charge is 0.300 e. The van der Waals surface area contributed by atoms with Crippen LogP contribution in [-0.4, -0.2) is 26.4 Å². The zero-order chi connectivity index (χ0) is 12.2. The van der Waals surface area contributed by atoms with Crippen LogP contribution in [0.15, 0.2) is 29.2 Å². The maximum Gasteiger partial charge on any atom is 0.261 e. The molecular formula is C11H16ClNO2S. The Morgan fingerprint density at radius 3 is 2.38 bits per heavy atom. The first-order valence-corrected chi connectivity index (χ1v) is 7.54. The summed E-state index contributed by atoms with van der Waals surface area (Å²) in [5.74, 6) is 0. The van der Waals surface area contributed by atoms with Crippen LogP contribution in [0.4, 0.5) is 0 Å². The lowest BCUT2D eigenvalue weighted by molar-refractivity contribution is 0.295. The van der Waals surface area contributed by atoms with Crippen molar-refractivity contribution in [3.63, 3.8) is 0 Å². The molecule has 0 radical (unpaired) electrons. The summed E-state index contributed by atoms with van der Waals surface area (Å²) in [5, 5.41) is 0. The first-order chi connectivity index (χ1) is 7.47. The predicted molar refractivity (Wildman–Crippen MR) is 66.1 cm³/mol. The van der Waals surface area contributed by atoms with Crippen molar-refractivity contribution in [2.45, 2.75) is 25.3 Å². The fourth-order valence-corrected chi connectivity index (χ4v) is 2.32. The van der Waals surface area contributed by atoms with Crippen molar-refractivity contribution >= 4 is 19.7 Å². The Hall–Kier alpha value is -0.580. The molecule has 0 unspecified atom stereocenters. The standard InChI is InChI=1S/C11H16ClNO2S/c1-3-13(4-2)9-10-6-5-7-11(8-10)16(12,14)15/h5-8H,3-4,9H2,1-2H3. The highest BCUT2D eigenvalue weighted by atomic mass is 35.7. The van der Waals surface area contributed by atoms with Gasteiger partial charge in [0, 0.05) is 17.2 Å². The Labute approximate surface area is 101 Å². The number of nitrogens with zero attached hydrogens (tertiary/aromatic N) is 1. The molecule has 1 rings (SSSR count). The number of hydrogen-bond acceptors (Lipinski definition) is 3. The van der Waals surface area contributed by atoms with Crippen LogP contribution < -0.4 is 0 Å². The molecular weight excluding hydrogens is 246 g/mol. The van der Waals surface area contributed by atoms with Gasteiger partial charge in [0.15, 0.2) is 0 Å². The maximum atomic E-state index is 11.2. The predicted octanol–water partition coefficient (Wildman–Crippen LogP) is 2.46. The highest BCUT2D eigenvalue weighted by Gasteiger charge is 2.10. The zero-order valence-electron chi connectivity index (χ0n) is 9.48. The Balaban J connectivity index is 2.91. The average molecular weight is 262 g/mol. The average Bonchev–Trinajstić information content (AvgIpc) is 2.25. The highest BCUT2D eigenvalue weighted by molar-refractivity contribution is 8.13. The van der Waals surface area contributed by atoms with Crippen molar-refractivity contribution in [3.8, 4) is 0 Å². The molecule has 1 aromatic carbocycles. The van der Waals surface area contributed by atoms with Gasteiger partial charge in [-0.3, -0.25) is 4.90 Å². The van der Waals surface area contributed by atoms with Crippen molar-refractivity contribution < 1.29 is 8.42 Å². The lowest BCUT2D eigenvalue weighted by atomic mass is 10.2. The fourth-order valence-electron chi connectivity index (χ4n) is 1.50. The van der Waals surface area contributed by atoms with E-state index in [-0.39, 0.29) is 4.90 Å². The fraction of sp³-hybridized carbons (Fsp3) is 0.455. The second kappa shape index (κ2) is 5.66. The molecule has 0 heterocycles.